The summed E-state index contributed by atoms with van der Waals surface area (Å²) in [5.74, 6) is 0.514. The predicted molar refractivity (Wildman–Crippen MR) is 112 cm³/mol. The SMILES string of the molecule is CNC(=O)c1cccc(NC(=O)CSc2nncn2-c2ccc(OC)cc2)c1C. The fourth-order valence-corrected chi connectivity index (χ4v) is 3.44. The second-order valence-corrected chi connectivity index (χ2v) is 7.02. The smallest absolute Gasteiger partial charge is 0.251 e. The van der Waals surface area contributed by atoms with Crippen LogP contribution in [-0.4, -0.2) is 46.5 Å². The van der Waals surface area contributed by atoms with Gasteiger partial charge in [0.05, 0.1) is 12.9 Å². The Morgan fingerprint density at radius 3 is 2.62 bits per heavy atom. The van der Waals surface area contributed by atoms with E-state index < -0.39 is 0 Å². The number of ether oxygens (including phenoxy) is 1. The third kappa shape index (κ3) is 4.75. The second kappa shape index (κ2) is 9.24. The van der Waals surface area contributed by atoms with Crippen molar-refractivity contribution in [3.8, 4) is 11.4 Å². The molecule has 3 rings (SSSR count). The minimum Gasteiger partial charge on any atom is -0.497 e. The van der Waals surface area contributed by atoms with E-state index in [0.29, 0.717) is 22.0 Å². The van der Waals surface area contributed by atoms with Gasteiger partial charge in [0, 0.05) is 24.0 Å². The van der Waals surface area contributed by atoms with Gasteiger partial charge in [0.1, 0.15) is 12.1 Å². The molecule has 150 valence electrons. The lowest BCUT2D eigenvalue weighted by atomic mass is 10.1. The van der Waals surface area contributed by atoms with Crippen LogP contribution in [0.25, 0.3) is 5.69 Å². The molecule has 1 aromatic heterocycles. The van der Waals surface area contributed by atoms with Crippen LogP contribution in [-0.2, 0) is 4.79 Å². The molecule has 29 heavy (non-hydrogen) atoms. The van der Waals surface area contributed by atoms with Crippen LogP contribution in [0.1, 0.15) is 15.9 Å². The average molecular weight is 411 g/mol. The molecule has 0 saturated carbocycles. The van der Waals surface area contributed by atoms with Crippen LogP contribution in [0, 0.1) is 6.92 Å². The third-order valence-electron chi connectivity index (χ3n) is 4.28. The number of amides is 2. The minimum atomic E-state index is -0.198. The average Bonchev–Trinajstić information content (AvgIpc) is 3.22. The standard InChI is InChI=1S/C20H21N5O3S/c1-13-16(19(27)21-2)5-4-6-17(13)23-18(26)11-29-20-24-22-12-25(20)14-7-9-15(28-3)10-8-14/h4-10,12H,11H2,1-3H3,(H,21,27)(H,23,26). The van der Waals surface area contributed by atoms with E-state index in [2.05, 4.69) is 20.8 Å². The van der Waals surface area contributed by atoms with Crippen molar-refractivity contribution in [2.75, 3.05) is 25.2 Å². The number of carbonyl (C=O) groups excluding carboxylic acids is 2. The number of thioether (sulfide) groups is 1. The van der Waals surface area contributed by atoms with Crippen molar-refractivity contribution in [3.05, 3.63) is 59.9 Å². The summed E-state index contributed by atoms with van der Waals surface area (Å²) < 4.78 is 6.97. The lowest BCUT2D eigenvalue weighted by molar-refractivity contribution is -0.113. The first-order valence-electron chi connectivity index (χ1n) is 8.82. The van der Waals surface area contributed by atoms with Crippen molar-refractivity contribution in [2.24, 2.45) is 0 Å². The molecule has 2 aromatic carbocycles. The van der Waals surface area contributed by atoms with Gasteiger partial charge in [-0.2, -0.15) is 0 Å². The number of benzene rings is 2. The van der Waals surface area contributed by atoms with Crippen LogP contribution in [0.5, 0.6) is 5.75 Å². The topological polar surface area (TPSA) is 98.1 Å². The fourth-order valence-electron chi connectivity index (χ4n) is 2.71. The van der Waals surface area contributed by atoms with Crippen LogP contribution in [0.2, 0.25) is 0 Å². The number of nitrogens with one attached hydrogen (secondary N) is 2. The summed E-state index contributed by atoms with van der Waals surface area (Å²) in [4.78, 5) is 24.3. The molecule has 0 atom stereocenters. The van der Waals surface area contributed by atoms with Crippen molar-refractivity contribution in [3.63, 3.8) is 0 Å². The molecule has 2 amide bonds. The summed E-state index contributed by atoms with van der Waals surface area (Å²) in [6, 6.07) is 12.7. The zero-order chi connectivity index (χ0) is 20.8. The van der Waals surface area contributed by atoms with Gasteiger partial charge in [0.15, 0.2) is 5.16 Å². The normalized spacial score (nSPS) is 10.4. The van der Waals surface area contributed by atoms with Crippen molar-refractivity contribution in [1.82, 2.24) is 20.1 Å². The highest BCUT2D eigenvalue weighted by Crippen LogP contribution is 2.23. The third-order valence-corrected chi connectivity index (χ3v) is 5.22. The summed E-state index contributed by atoms with van der Waals surface area (Å²) in [5.41, 5.74) is 2.71. The summed E-state index contributed by atoms with van der Waals surface area (Å²) in [7, 11) is 3.18. The van der Waals surface area contributed by atoms with Gasteiger partial charge in [-0.3, -0.25) is 14.2 Å². The second-order valence-electron chi connectivity index (χ2n) is 6.08. The Labute approximate surface area is 172 Å². The van der Waals surface area contributed by atoms with Gasteiger partial charge in [-0.1, -0.05) is 17.8 Å². The highest BCUT2D eigenvalue weighted by Gasteiger charge is 2.14. The Bertz CT molecular complexity index is 1020. The number of carbonyl (C=O) groups is 2. The molecular formula is C20H21N5O3S. The maximum atomic E-state index is 12.4. The van der Waals surface area contributed by atoms with Crippen molar-refractivity contribution in [1.29, 1.82) is 0 Å². The van der Waals surface area contributed by atoms with E-state index in [9.17, 15) is 9.59 Å². The van der Waals surface area contributed by atoms with Gasteiger partial charge in [-0.15, -0.1) is 10.2 Å². The van der Waals surface area contributed by atoms with Crippen molar-refractivity contribution >= 4 is 29.3 Å². The van der Waals surface area contributed by atoms with Gasteiger partial charge >= 0.3 is 0 Å². The molecule has 0 spiro atoms. The molecule has 0 aliphatic heterocycles. The zero-order valence-corrected chi connectivity index (χ0v) is 17.1. The minimum absolute atomic E-state index is 0.151. The summed E-state index contributed by atoms with van der Waals surface area (Å²) in [6.07, 6.45) is 1.60. The molecule has 9 heteroatoms. The van der Waals surface area contributed by atoms with E-state index in [-0.39, 0.29) is 17.6 Å². The largest absolute Gasteiger partial charge is 0.497 e. The van der Waals surface area contributed by atoms with Crippen LogP contribution in [0.15, 0.2) is 53.9 Å². The molecule has 0 fully saturated rings. The van der Waals surface area contributed by atoms with Crippen LogP contribution in [0.3, 0.4) is 0 Å². The first-order valence-corrected chi connectivity index (χ1v) is 9.81. The number of hydrogen-bond acceptors (Lipinski definition) is 6. The van der Waals surface area contributed by atoms with E-state index in [1.807, 2.05) is 24.3 Å². The van der Waals surface area contributed by atoms with E-state index in [1.165, 1.54) is 11.8 Å². The van der Waals surface area contributed by atoms with Gasteiger partial charge in [0.25, 0.3) is 5.91 Å². The number of aromatic nitrogens is 3. The molecule has 3 aromatic rings. The van der Waals surface area contributed by atoms with Crippen LogP contribution in [0.4, 0.5) is 5.69 Å². The zero-order valence-electron chi connectivity index (χ0n) is 16.3. The highest BCUT2D eigenvalue weighted by molar-refractivity contribution is 7.99. The summed E-state index contributed by atoms with van der Waals surface area (Å²) in [5, 5.41) is 14.1. The molecule has 0 radical (unpaired) electrons. The number of methoxy groups -OCH3 is 1. The molecule has 0 aliphatic rings. The van der Waals surface area contributed by atoms with Crippen LogP contribution >= 0.6 is 11.8 Å². The lowest BCUT2D eigenvalue weighted by Crippen LogP contribution is -2.21. The molecule has 0 aliphatic carbocycles. The molecule has 0 unspecified atom stereocenters. The molecule has 0 bridgehead atoms. The van der Waals surface area contributed by atoms with E-state index in [4.69, 9.17) is 4.74 Å². The Kier molecular flexibility index (Phi) is 6.50. The maximum Gasteiger partial charge on any atom is 0.251 e. The van der Waals surface area contributed by atoms with Gasteiger partial charge in [0.2, 0.25) is 5.91 Å². The Morgan fingerprint density at radius 1 is 1.17 bits per heavy atom. The maximum absolute atomic E-state index is 12.4. The predicted octanol–water partition coefficient (Wildman–Crippen LogP) is 2.67. The van der Waals surface area contributed by atoms with E-state index in [1.54, 1.807) is 50.2 Å². The van der Waals surface area contributed by atoms with Gasteiger partial charge < -0.3 is 15.4 Å². The fraction of sp³-hybridized carbons (Fsp3) is 0.200. The lowest BCUT2D eigenvalue weighted by Gasteiger charge is -2.12. The molecule has 0 saturated heterocycles. The Balaban J connectivity index is 1.66. The van der Waals surface area contributed by atoms with Crippen molar-refractivity contribution in [2.45, 2.75) is 12.1 Å². The number of nitrogens with zero attached hydrogens (tertiary/aromatic N) is 3. The van der Waals surface area contributed by atoms with Crippen molar-refractivity contribution < 1.29 is 14.3 Å². The molecule has 2 N–H and O–H groups in total. The first-order chi connectivity index (χ1) is 14.0. The molecular weight excluding hydrogens is 390 g/mol. The van der Waals surface area contributed by atoms with E-state index in [0.717, 1.165) is 11.4 Å². The number of hydrogen-bond donors (Lipinski definition) is 2. The number of anilines is 1. The number of rotatable bonds is 7. The quantitative estimate of drug-likeness (QED) is 0.580. The van der Waals surface area contributed by atoms with Gasteiger partial charge in [-0.05, 0) is 48.9 Å². The molecule has 1 heterocycles. The van der Waals surface area contributed by atoms with Crippen LogP contribution < -0.4 is 15.4 Å². The first kappa shape index (κ1) is 20.4. The Morgan fingerprint density at radius 2 is 1.93 bits per heavy atom. The summed E-state index contributed by atoms with van der Waals surface area (Å²) >= 11 is 1.27. The van der Waals surface area contributed by atoms with Gasteiger partial charge in [-0.25, -0.2) is 0 Å². The monoisotopic (exact) mass is 411 g/mol. The molecule has 8 nitrogen and oxygen atoms in total. The summed E-state index contributed by atoms with van der Waals surface area (Å²) in [6.45, 7) is 1.80. The highest BCUT2D eigenvalue weighted by atomic mass is 32.2. The van der Waals surface area contributed by atoms with E-state index >= 15 is 0 Å². The Hall–Kier alpha value is -3.33.